The minimum atomic E-state index is 0.00343. The Balaban J connectivity index is 1.24. The number of carbonyl (C=O) groups excluding carboxylic acids is 1. The van der Waals surface area contributed by atoms with E-state index >= 15 is 0 Å². The van der Waals surface area contributed by atoms with Gasteiger partial charge in [0.15, 0.2) is 5.82 Å². The smallest absolute Gasteiger partial charge is 0.254 e. The highest BCUT2D eigenvalue weighted by Gasteiger charge is 2.23. The Labute approximate surface area is 176 Å². The van der Waals surface area contributed by atoms with E-state index in [2.05, 4.69) is 30.6 Å². The van der Waals surface area contributed by atoms with Crippen molar-refractivity contribution in [2.45, 2.75) is 0 Å². The summed E-state index contributed by atoms with van der Waals surface area (Å²) >= 11 is 1.65. The van der Waals surface area contributed by atoms with Crippen LogP contribution in [0.25, 0.3) is 16.3 Å². The molecule has 4 aromatic rings. The highest BCUT2D eigenvalue weighted by molar-refractivity contribution is 7.13. The van der Waals surface area contributed by atoms with Crippen LogP contribution in [0.5, 0.6) is 0 Å². The molecule has 0 bridgehead atoms. The Morgan fingerprint density at radius 1 is 0.967 bits per heavy atom. The van der Waals surface area contributed by atoms with Crippen LogP contribution in [0.4, 0.5) is 5.82 Å². The summed E-state index contributed by atoms with van der Waals surface area (Å²) in [5.74, 6) is 0.840. The summed E-state index contributed by atoms with van der Waals surface area (Å²) in [7, 11) is 0. The lowest BCUT2D eigenvalue weighted by Crippen LogP contribution is -2.49. The van der Waals surface area contributed by atoms with E-state index in [1.54, 1.807) is 17.4 Å². The molecule has 0 radical (unpaired) electrons. The molecule has 5 rings (SSSR count). The van der Waals surface area contributed by atoms with Crippen LogP contribution < -0.4 is 4.90 Å². The van der Waals surface area contributed by atoms with Crippen molar-refractivity contribution in [3.63, 3.8) is 0 Å². The number of thiophene rings is 1. The fourth-order valence-corrected chi connectivity index (χ4v) is 4.12. The van der Waals surface area contributed by atoms with Crippen LogP contribution in [0.3, 0.4) is 0 Å². The zero-order chi connectivity index (χ0) is 20.3. The van der Waals surface area contributed by atoms with E-state index in [0.29, 0.717) is 31.7 Å². The topological polar surface area (TPSA) is 92.9 Å². The molecular weight excluding hydrogens is 400 g/mol. The van der Waals surface area contributed by atoms with E-state index < -0.39 is 0 Å². The SMILES string of the molecule is O=C(c1cccc(-n2cnnn2)c1)N1CCN(c2ccc(-c3cccs3)nn2)CC1. The Kier molecular flexibility index (Phi) is 4.89. The number of tetrazole rings is 1. The molecule has 1 aliphatic heterocycles. The number of nitrogens with zero attached hydrogens (tertiary/aromatic N) is 8. The molecule has 1 amide bonds. The van der Waals surface area contributed by atoms with E-state index in [1.807, 2.05) is 52.7 Å². The lowest BCUT2D eigenvalue weighted by Gasteiger charge is -2.35. The second-order valence-electron chi connectivity index (χ2n) is 6.84. The van der Waals surface area contributed by atoms with Crippen LogP contribution in [-0.4, -0.2) is 67.4 Å². The van der Waals surface area contributed by atoms with E-state index in [4.69, 9.17) is 0 Å². The number of amides is 1. The summed E-state index contributed by atoms with van der Waals surface area (Å²) in [5.41, 5.74) is 2.26. The molecule has 0 saturated carbocycles. The van der Waals surface area contributed by atoms with Gasteiger partial charge in [-0.05, 0) is 52.2 Å². The summed E-state index contributed by atoms with van der Waals surface area (Å²) in [6.07, 6.45) is 1.51. The first kappa shape index (κ1) is 18.4. The number of piperazine rings is 1. The van der Waals surface area contributed by atoms with Crippen LogP contribution in [0.1, 0.15) is 10.4 Å². The Morgan fingerprint density at radius 3 is 2.57 bits per heavy atom. The van der Waals surface area contributed by atoms with Crippen LogP contribution in [0.15, 0.2) is 60.2 Å². The van der Waals surface area contributed by atoms with Gasteiger partial charge >= 0.3 is 0 Å². The molecule has 150 valence electrons. The molecular formula is C20H18N8OS. The van der Waals surface area contributed by atoms with Gasteiger partial charge in [-0.15, -0.1) is 26.6 Å². The maximum atomic E-state index is 13.0. The van der Waals surface area contributed by atoms with Crippen molar-refractivity contribution in [1.82, 2.24) is 35.3 Å². The second kappa shape index (κ2) is 7.99. The third-order valence-electron chi connectivity index (χ3n) is 5.02. The monoisotopic (exact) mass is 418 g/mol. The van der Waals surface area contributed by atoms with E-state index in [-0.39, 0.29) is 5.91 Å². The van der Waals surface area contributed by atoms with Gasteiger partial charge in [-0.1, -0.05) is 12.1 Å². The fourth-order valence-electron chi connectivity index (χ4n) is 3.43. The zero-order valence-corrected chi connectivity index (χ0v) is 16.8. The molecule has 1 fully saturated rings. The largest absolute Gasteiger partial charge is 0.352 e. The highest BCUT2D eigenvalue weighted by atomic mass is 32.1. The van der Waals surface area contributed by atoms with Gasteiger partial charge in [0.25, 0.3) is 5.91 Å². The molecule has 0 spiro atoms. The van der Waals surface area contributed by atoms with Gasteiger partial charge in [-0.3, -0.25) is 4.79 Å². The number of hydrogen-bond donors (Lipinski definition) is 0. The average Bonchev–Trinajstić information content (AvgIpc) is 3.54. The third kappa shape index (κ3) is 3.64. The molecule has 1 aromatic carbocycles. The molecule has 0 N–H and O–H groups in total. The predicted molar refractivity (Wildman–Crippen MR) is 113 cm³/mol. The summed E-state index contributed by atoms with van der Waals surface area (Å²) in [6, 6.07) is 15.4. The van der Waals surface area contributed by atoms with Crippen LogP contribution in [-0.2, 0) is 0 Å². The number of anilines is 1. The molecule has 9 nitrogen and oxygen atoms in total. The van der Waals surface area contributed by atoms with Crippen molar-refractivity contribution in [3.05, 3.63) is 65.8 Å². The van der Waals surface area contributed by atoms with Gasteiger partial charge in [-0.25, -0.2) is 4.68 Å². The van der Waals surface area contributed by atoms with E-state index in [1.165, 1.54) is 11.0 Å². The normalized spacial score (nSPS) is 14.1. The van der Waals surface area contributed by atoms with Gasteiger partial charge < -0.3 is 9.80 Å². The Hall–Kier alpha value is -3.66. The molecule has 3 aromatic heterocycles. The molecule has 1 saturated heterocycles. The molecule has 0 aliphatic carbocycles. The lowest BCUT2D eigenvalue weighted by atomic mass is 10.1. The van der Waals surface area contributed by atoms with Crippen molar-refractivity contribution >= 4 is 23.1 Å². The van der Waals surface area contributed by atoms with Crippen molar-refractivity contribution < 1.29 is 4.79 Å². The quantitative estimate of drug-likeness (QED) is 0.501. The van der Waals surface area contributed by atoms with Crippen molar-refractivity contribution in [2.24, 2.45) is 0 Å². The molecule has 30 heavy (non-hydrogen) atoms. The van der Waals surface area contributed by atoms with Crippen molar-refractivity contribution in [1.29, 1.82) is 0 Å². The second-order valence-corrected chi connectivity index (χ2v) is 7.79. The molecule has 1 aliphatic rings. The number of hydrogen-bond acceptors (Lipinski definition) is 8. The first-order chi connectivity index (χ1) is 14.8. The Morgan fingerprint density at radius 2 is 1.87 bits per heavy atom. The lowest BCUT2D eigenvalue weighted by molar-refractivity contribution is 0.0746. The fraction of sp³-hybridized carbons (Fsp3) is 0.200. The third-order valence-corrected chi connectivity index (χ3v) is 5.91. The average molecular weight is 418 g/mol. The first-order valence-electron chi connectivity index (χ1n) is 9.53. The van der Waals surface area contributed by atoms with Crippen molar-refractivity contribution in [2.75, 3.05) is 31.1 Å². The number of aromatic nitrogens is 6. The summed E-state index contributed by atoms with van der Waals surface area (Å²) in [5, 5.41) is 21.9. The molecule has 0 unspecified atom stereocenters. The van der Waals surface area contributed by atoms with Gasteiger partial charge in [-0.2, -0.15) is 0 Å². The summed E-state index contributed by atoms with van der Waals surface area (Å²) in [4.78, 5) is 18.1. The van der Waals surface area contributed by atoms with E-state index in [9.17, 15) is 4.79 Å². The Bertz CT molecular complexity index is 1120. The van der Waals surface area contributed by atoms with E-state index in [0.717, 1.165) is 22.1 Å². The highest BCUT2D eigenvalue weighted by Crippen LogP contribution is 2.23. The number of rotatable bonds is 4. The van der Waals surface area contributed by atoms with Crippen molar-refractivity contribution in [3.8, 4) is 16.3 Å². The van der Waals surface area contributed by atoms with Gasteiger partial charge in [0.2, 0.25) is 0 Å². The molecule has 4 heterocycles. The first-order valence-corrected chi connectivity index (χ1v) is 10.4. The van der Waals surface area contributed by atoms with Gasteiger partial charge in [0.05, 0.1) is 10.6 Å². The zero-order valence-electron chi connectivity index (χ0n) is 16.0. The standard InChI is InChI=1S/C20H18N8OS/c29-20(15-3-1-4-16(13-15)28-14-21-24-25-28)27-10-8-26(9-11-27)19-7-6-17(22-23-19)18-5-2-12-30-18/h1-7,12-14H,8-11H2. The van der Waals surface area contributed by atoms with Gasteiger partial charge in [0, 0.05) is 31.7 Å². The minimum absolute atomic E-state index is 0.00343. The maximum Gasteiger partial charge on any atom is 0.254 e. The summed E-state index contributed by atoms with van der Waals surface area (Å²) in [6.45, 7) is 2.68. The summed E-state index contributed by atoms with van der Waals surface area (Å²) < 4.78 is 1.53. The minimum Gasteiger partial charge on any atom is -0.352 e. The predicted octanol–water partition coefficient (Wildman–Crippen LogP) is 2.14. The number of benzene rings is 1. The van der Waals surface area contributed by atoms with Crippen LogP contribution >= 0.6 is 11.3 Å². The van der Waals surface area contributed by atoms with Crippen LogP contribution in [0.2, 0.25) is 0 Å². The van der Waals surface area contributed by atoms with Crippen LogP contribution in [0, 0.1) is 0 Å². The number of carbonyl (C=O) groups is 1. The molecule has 0 atom stereocenters. The van der Waals surface area contributed by atoms with Gasteiger partial charge in [0.1, 0.15) is 12.0 Å². The molecule has 10 heteroatoms. The maximum absolute atomic E-state index is 13.0.